The molecule has 0 heterocycles. The number of hydrogen-bond acceptors (Lipinski definition) is 11. The normalized spacial score (nSPS) is 32.5. The van der Waals surface area contributed by atoms with Crippen LogP contribution in [-0.4, -0.2) is 76.3 Å². The van der Waals surface area contributed by atoms with Crippen LogP contribution in [0, 0.1) is 11.3 Å². The fourth-order valence-electron chi connectivity index (χ4n) is 5.55. The Kier molecular flexibility index (Phi) is 10.6. The second-order valence-electron chi connectivity index (χ2n) is 10.6. The van der Waals surface area contributed by atoms with E-state index in [-0.39, 0.29) is 29.7 Å². The molecule has 0 unspecified atom stereocenters. The maximum absolute atomic E-state index is 12.4. The first-order valence-corrected chi connectivity index (χ1v) is 12.8. The predicted octanol–water partition coefficient (Wildman–Crippen LogP) is 2.03. The zero-order valence-electron chi connectivity index (χ0n) is 23.8. The van der Waals surface area contributed by atoms with Gasteiger partial charge in [0.05, 0.1) is 18.8 Å². The summed E-state index contributed by atoms with van der Waals surface area (Å²) in [5.74, 6) is -3.51. The number of aliphatic hydroxyl groups is 3. The number of hydrogen-bond donors (Lipinski definition) is 3. The molecule has 11 heteroatoms. The monoisotopic (exact) mass is 552 g/mol. The second-order valence-corrected chi connectivity index (χ2v) is 10.6. The zero-order chi connectivity index (χ0) is 29.8. The molecule has 0 saturated carbocycles. The number of carbonyl (C=O) groups is 4. The summed E-state index contributed by atoms with van der Waals surface area (Å²) in [5, 5.41) is 32.8. The van der Waals surface area contributed by atoms with Crippen LogP contribution in [-0.2, 0) is 38.1 Å². The molecule has 0 amide bonds. The Hall–Kier alpha value is -3.02. The molecule has 2 aliphatic carbocycles. The summed E-state index contributed by atoms with van der Waals surface area (Å²) < 4.78 is 22.3. The van der Waals surface area contributed by atoms with Crippen molar-refractivity contribution in [2.75, 3.05) is 6.61 Å². The second kappa shape index (κ2) is 12.9. The lowest BCUT2D eigenvalue weighted by molar-refractivity contribution is -0.152. The average Bonchev–Trinajstić information content (AvgIpc) is 2.79. The summed E-state index contributed by atoms with van der Waals surface area (Å²) in [6, 6.07) is 0. The third kappa shape index (κ3) is 7.55. The van der Waals surface area contributed by atoms with Gasteiger partial charge in [0.25, 0.3) is 0 Å². The summed E-state index contributed by atoms with van der Waals surface area (Å²) in [5.41, 5.74) is 0.276. The van der Waals surface area contributed by atoms with Crippen molar-refractivity contribution in [2.24, 2.45) is 11.3 Å². The molecular weight excluding hydrogens is 512 g/mol. The van der Waals surface area contributed by atoms with Crippen molar-refractivity contribution in [3.8, 4) is 0 Å². The highest BCUT2D eigenvalue weighted by Gasteiger charge is 2.50. The molecular formula is C28H40O11. The summed E-state index contributed by atoms with van der Waals surface area (Å²) >= 11 is 0. The molecule has 0 saturated heterocycles. The SMILES string of the molecule is CC(=O)O/C1=C(/C)[C@@H](O)C[C@H](OC(C)=O)/C(CO)=C/[C@H](O)[C@@H]2C[C@H](OC(C)=O)C(C)=C([C@H]1OC(C)=O)C2(C)C. The van der Waals surface area contributed by atoms with Crippen molar-refractivity contribution in [3.63, 3.8) is 0 Å². The summed E-state index contributed by atoms with van der Waals surface area (Å²) in [6.07, 6.45) is -4.61. The number of esters is 4. The van der Waals surface area contributed by atoms with Crippen LogP contribution in [0.4, 0.5) is 0 Å². The van der Waals surface area contributed by atoms with E-state index in [0.29, 0.717) is 11.1 Å². The number of rotatable bonds is 5. The highest BCUT2D eigenvalue weighted by Crippen LogP contribution is 2.51. The molecule has 11 nitrogen and oxygen atoms in total. The Labute approximate surface area is 228 Å². The van der Waals surface area contributed by atoms with Crippen LogP contribution in [0.15, 0.2) is 34.1 Å². The quantitative estimate of drug-likeness (QED) is 0.259. The van der Waals surface area contributed by atoms with Gasteiger partial charge in [-0.05, 0) is 48.0 Å². The number of fused-ring (bicyclic) bond motifs is 2. The van der Waals surface area contributed by atoms with E-state index >= 15 is 0 Å². The van der Waals surface area contributed by atoms with Gasteiger partial charge in [-0.25, -0.2) is 0 Å². The van der Waals surface area contributed by atoms with Gasteiger partial charge in [0, 0.05) is 40.0 Å². The Bertz CT molecular complexity index is 1080. The van der Waals surface area contributed by atoms with E-state index in [0.717, 1.165) is 6.92 Å². The van der Waals surface area contributed by atoms with E-state index in [4.69, 9.17) is 18.9 Å². The molecule has 218 valence electrons. The molecule has 2 rings (SSSR count). The van der Waals surface area contributed by atoms with Crippen molar-refractivity contribution in [1.29, 1.82) is 0 Å². The van der Waals surface area contributed by atoms with E-state index in [1.807, 2.05) is 0 Å². The summed E-state index contributed by atoms with van der Waals surface area (Å²) in [4.78, 5) is 48.5. The van der Waals surface area contributed by atoms with Gasteiger partial charge < -0.3 is 34.3 Å². The van der Waals surface area contributed by atoms with Crippen molar-refractivity contribution < 1.29 is 53.4 Å². The summed E-state index contributed by atoms with van der Waals surface area (Å²) in [7, 11) is 0. The summed E-state index contributed by atoms with van der Waals surface area (Å²) in [6.45, 7) is 11.0. The van der Waals surface area contributed by atoms with Gasteiger partial charge in [0.15, 0.2) is 11.9 Å². The molecule has 0 aromatic heterocycles. The minimum absolute atomic E-state index is 0.120. The lowest BCUT2D eigenvalue weighted by Gasteiger charge is -2.48. The first kappa shape index (κ1) is 32.2. The van der Waals surface area contributed by atoms with Gasteiger partial charge in [-0.3, -0.25) is 19.2 Å². The fraction of sp³-hybridized carbons (Fsp3) is 0.643. The van der Waals surface area contributed by atoms with Gasteiger partial charge in [0.2, 0.25) is 0 Å². The van der Waals surface area contributed by atoms with Crippen molar-refractivity contribution in [1.82, 2.24) is 0 Å². The largest absolute Gasteiger partial charge is 0.458 e. The van der Waals surface area contributed by atoms with Crippen LogP contribution in [0.2, 0.25) is 0 Å². The Morgan fingerprint density at radius 2 is 1.38 bits per heavy atom. The van der Waals surface area contributed by atoms with Crippen LogP contribution in [0.5, 0.6) is 0 Å². The third-order valence-corrected chi connectivity index (χ3v) is 7.37. The number of ether oxygens (including phenoxy) is 4. The van der Waals surface area contributed by atoms with E-state index in [2.05, 4.69) is 0 Å². The molecule has 0 spiro atoms. The lowest BCUT2D eigenvalue weighted by Crippen LogP contribution is -2.48. The van der Waals surface area contributed by atoms with Crippen LogP contribution in [0.1, 0.15) is 68.2 Å². The number of aliphatic hydroxyl groups excluding tert-OH is 3. The first-order valence-electron chi connectivity index (χ1n) is 12.8. The van der Waals surface area contributed by atoms with Gasteiger partial charge >= 0.3 is 23.9 Å². The van der Waals surface area contributed by atoms with Crippen molar-refractivity contribution in [2.45, 2.75) is 98.8 Å². The third-order valence-electron chi connectivity index (χ3n) is 7.37. The molecule has 0 radical (unpaired) electrons. The molecule has 0 aliphatic heterocycles. The van der Waals surface area contributed by atoms with Crippen LogP contribution >= 0.6 is 0 Å². The van der Waals surface area contributed by atoms with Crippen molar-refractivity contribution >= 4 is 23.9 Å². The predicted molar refractivity (Wildman–Crippen MR) is 138 cm³/mol. The van der Waals surface area contributed by atoms with E-state index in [9.17, 15) is 34.5 Å². The van der Waals surface area contributed by atoms with E-state index in [1.54, 1.807) is 20.8 Å². The minimum atomic E-state index is -1.39. The van der Waals surface area contributed by atoms with Crippen molar-refractivity contribution in [3.05, 3.63) is 34.1 Å². The van der Waals surface area contributed by atoms with Gasteiger partial charge in [0.1, 0.15) is 12.2 Å². The lowest BCUT2D eigenvalue weighted by atomic mass is 9.60. The smallest absolute Gasteiger partial charge is 0.307 e. The van der Waals surface area contributed by atoms with Gasteiger partial charge in [-0.15, -0.1) is 0 Å². The Morgan fingerprint density at radius 3 is 1.87 bits per heavy atom. The Balaban J connectivity index is 3.01. The standard InChI is InChI=1S/C28H40O11/c1-13-21(34)11-24(37-16(4)31)19(12-29)9-22(35)20-10-23(36-15(3)30)14(2)25(28(20,7)8)27(39-18(6)33)26(13)38-17(5)32/h9,20-24,27,29,34-35H,10-12H2,1-8H3/b19-9+,26-13-/t20-,21-,22-,23-,24-,27+/m0/s1. The maximum Gasteiger partial charge on any atom is 0.307 e. The van der Waals surface area contributed by atoms with Gasteiger partial charge in [-0.1, -0.05) is 19.9 Å². The molecule has 3 N–H and O–H groups in total. The molecule has 39 heavy (non-hydrogen) atoms. The van der Waals surface area contributed by atoms with Crippen LogP contribution in [0.3, 0.4) is 0 Å². The average molecular weight is 553 g/mol. The molecule has 2 aliphatic rings. The maximum atomic E-state index is 12.4. The molecule has 0 aromatic rings. The van der Waals surface area contributed by atoms with Crippen LogP contribution < -0.4 is 0 Å². The highest BCUT2D eigenvalue weighted by molar-refractivity contribution is 5.70. The molecule has 2 bridgehead atoms. The molecule has 0 aromatic carbocycles. The van der Waals surface area contributed by atoms with E-state index < -0.39 is 72.3 Å². The topological polar surface area (TPSA) is 166 Å². The first-order chi connectivity index (χ1) is 18.0. The van der Waals surface area contributed by atoms with Crippen LogP contribution in [0.25, 0.3) is 0 Å². The van der Waals surface area contributed by atoms with E-state index in [1.165, 1.54) is 33.8 Å². The molecule has 0 fully saturated rings. The molecule has 6 atom stereocenters. The zero-order valence-corrected chi connectivity index (χ0v) is 23.8. The fourth-order valence-corrected chi connectivity index (χ4v) is 5.55. The highest BCUT2D eigenvalue weighted by atomic mass is 16.6. The minimum Gasteiger partial charge on any atom is -0.458 e. The van der Waals surface area contributed by atoms with Gasteiger partial charge in [-0.2, -0.15) is 0 Å². The Morgan fingerprint density at radius 1 is 0.846 bits per heavy atom. The number of carbonyl (C=O) groups excluding carboxylic acids is 4.